The lowest BCUT2D eigenvalue weighted by atomic mass is 10.1. The summed E-state index contributed by atoms with van der Waals surface area (Å²) in [5.41, 5.74) is 4.56. The second-order valence-corrected chi connectivity index (χ2v) is 7.21. The molecule has 4 rings (SSSR count). The van der Waals surface area contributed by atoms with Crippen molar-refractivity contribution in [1.82, 2.24) is 5.43 Å². The Balaban J connectivity index is 1.49. The highest BCUT2D eigenvalue weighted by Crippen LogP contribution is 2.18. The third kappa shape index (κ3) is 4.79. The molecular weight excluding hydrogens is 410 g/mol. The number of carbonyl (C=O) groups excluding carboxylic acids is 2. The Kier molecular flexibility index (Phi) is 6.05. The quantitative estimate of drug-likeness (QED) is 0.325. The van der Waals surface area contributed by atoms with E-state index in [1.165, 1.54) is 0 Å². The third-order valence-corrected chi connectivity index (χ3v) is 4.97. The van der Waals surface area contributed by atoms with Gasteiger partial charge in [-0.1, -0.05) is 66.2 Å². The van der Waals surface area contributed by atoms with Gasteiger partial charge in [0.15, 0.2) is 0 Å². The van der Waals surface area contributed by atoms with Crippen LogP contribution in [0.15, 0.2) is 96.1 Å². The maximum absolute atomic E-state index is 12.7. The Morgan fingerprint density at radius 3 is 2.32 bits per heavy atom. The molecule has 0 aliphatic heterocycles. The lowest BCUT2D eigenvalue weighted by molar-refractivity contribution is 0.0956. The molecule has 0 spiro atoms. The van der Waals surface area contributed by atoms with Gasteiger partial charge in [-0.2, -0.15) is 5.10 Å². The average Bonchev–Trinajstić information content (AvgIpc) is 2.80. The topological polar surface area (TPSA) is 70.6 Å². The second-order valence-electron chi connectivity index (χ2n) is 6.77. The minimum Gasteiger partial charge on any atom is -0.321 e. The molecule has 152 valence electrons. The Morgan fingerprint density at radius 2 is 1.48 bits per heavy atom. The summed E-state index contributed by atoms with van der Waals surface area (Å²) in [6, 6.07) is 27.1. The highest BCUT2D eigenvalue weighted by atomic mass is 35.5. The third-order valence-electron chi connectivity index (χ3n) is 4.72. The van der Waals surface area contributed by atoms with Gasteiger partial charge in [0.1, 0.15) is 0 Å². The van der Waals surface area contributed by atoms with Crippen LogP contribution in [0.4, 0.5) is 5.69 Å². The molecule has 4 aromatic carbocycles. The molecular formula is C25H18ClN3O2. The number of halogens is 1. The SMILES string of the molecule is O=C(Nc1ccccc1C(=O)NN=Cc1cccc2ccccc12)c1ccc(Cl)cc1. The number of hydrazone groups is 1. The molecule has 2 N–H and O–H groups in total. The van der Waals surface area contributed by atoms with Crippen LogP contribution in [0.2, 0.25) is 5.02 Å². The summed E-state index contributed by atoms with van der Waals surface area (Å²) < 4.78 is 0. The smallest absolute Gasteiger partial charge is 0.273 e. The van der Waals surface area contributed by atoms with E-state index in [0.29, 0.717) is 21.8 Å². The summed E-state index contributed by atoms with van der Waals surface area (Å²) in [7, 11) is 0. The van der Waals surface area contributed by atoms with Gasteiger partial charge in [0.2, 0.25) is 0 Å². The first kappa shape index (κ1) is 20.3. The summed E-state index contributed by atoms with van der Waals surface area (Å²) in [5.74, 6) is -0.764. The molecule has 0 saturated carbocycles. The van der Waals surface area contributed by atoms with Crippen molar-refractivity contribution in [2.24, 2.45) is 5.10 Å². The van der Waals surface area contributed by atoms with Crippen LogP contribution in [0, 0.1) is 0 Å². The monoisotopic (exact) mass is 427 g/mol. The number of hydrogen-bond donors (Lipinski definition) is 2. The Labute approximate surface area is 184 Å². The number of benzene rings is 4. The predicted molar refractivity (Wildman–Crippen MR) is 125 cm³/mol. The first-order valence-electron chi connectivity index (χ1n) is 9.59. The van der Waals surface area contributed by atoms with E-state index in [0.717, 1.165) is 16.3 Å². The summed E-state index contributed by atoms with van der Waals surface area (Å²) >= 11 is 5.87. The van der Waals surface area contributed by atoms with E-state index in [2.05, 4.69) is 15.8 Å². The van der Waals surface area contributed by atoms with Crippen LogP contribution in [-0.2, 0) is 0 Å². The first-order chi connectivity index (χ1) is 15.1. The van der Waals surface area contributed by atoms with Gasteiger partial charge in [-0.15, -0.1) is 0 Å². The van der Waals surface area contributed by atoms with Crippen molar-refractivity contribution in [3.05, 3.63) is 113 Å². The van der Waals surface area contributed by atoms with E-state index in [-0.39, 0.29) is 5.91 Å². The minimum atomic E-state index is -0.427. The zero-order valence-electron chi connectivity index (χ0n) is 16.4. The van der Waals surface area contributed by atoms with Crippen molar-refractivity contribution >= 4 is 46.1 Å². The van der Waals surface area contributed by atoms with E-state index >= 15 is 0 Å². The van der Waals surface area contributed by atoms with E-state index < -0.39 is 5.91 Å². The fourth-order valence-corrected chi connectivity index (χ4v) is 3.30. The lowest BCUT2D eigenvalue weighted by Gasteiger charge is -2.10. The number of amides is 2. The molecule has 0 bridgehead atoms. The maximum atomic E-state index is 12.7. The van der Waals surface area contributed by atoms with E-state index in [4.69, 9.17) is 11.6 Å². The Bertz CT molecular complexity index is 1280. The number of anilines is 1. The Hall–Kier alpha value is -3.96. The van der Waals surface area contributed by atoms with Crippen LogP contribution in [0.3, 0.4) is 0 Å². The molecule has 0 atom stereocenters. The minimum absolute atomic E-state index is 0.305. The number of carbonyl (C=O) groups is 2. The van der Waals surface area contributed by atoms with Crippen LogP contribution in [0.5, 0.6) is 0 Å². The van der Waals surface area contributed by atoms with Crippen molar-refractivity contribution in [2.75, 3.05) is 5.32 Å². The molecule has 0 radical (unpaired) electrons. The van der Waals surface area contributed by atoms with Crippen molar-refractivity contribution in [3.8, 4) is 0 Å². The molecule has 0 saturated heterocycles. The van der Waals surface area contributed by atoms with Crippen molar-refractivity contribution < 1.29 is 9.59 Å². The first-order valence-corrected chi connectivity index (χ1v) is 9.97. The standard InChI is InChI=1S/C25H18ClN3O2/c26-20-14-12-18(13-15-20)24(30)28-23-11-4-3-10-22(23)25(31)29-27-16-19-8-5-7-17-6-1-2-9-21(17)19/h1-16H,(H,28,30)(H,29,31). The molecule has 0 heterocycles. The largest absolute Gasteiger partial charge is 0.321 e. The molecule has 4 aromatic rings. The zero-order valence-corrected chi connectivity index (χ0v) is 17.1. The molecule has 5 nitrogen and oxygen atoms in total. The lowest BCUT2D eigenvalue weighted by Crippen LogP contribution is -2.21. The summed E-state index contributed by atoms with van der Waals surface area (Å²) in [6.45, 7) is 0. The number of fused-ring (bicyclic) bond motifs is 1. The van der Waals surface area contributed by atoms with Gasteiger partial charge in [0.05, 0.1) is 17.5 Å². The highest BCUT2D eigenvalue weighted by molar-refractivity contribution is 6.30. The van der Waals surface area contributed by atoms with Crippen LogP contribution in [-0.4, -0.2) is 18.0 Å². The number of hydrogen-bond acceptors (Lipinski definition) is 3. The number of nitrogens with one attached hydrogen (secondary N) is 2. The Morgan fingerprint density at radius 1 is 0.774 bits per heavy atom. The van der Waals surface area contributed by atoms with Crippen LogP contribution in [0.1, 0.15) is 26.3 Å². The molecule has 0 aliphatic carbocycles. The summed E-state index contributed by atoms with van der Waals surface area (Å²) in [5, 5.41) is 9.54. The van der Waals surface area contributed by atoms with Gasteiger partial charge in [0, 0.05) is 16.1 Å². The molecule has 0 unspecified atom stereocenters. The van der Waals surface area contributed by atoms with Crippen molar-refractivity contribution in [1.29, 1.82) is 0 Å². The fraction of sp³-hybridized carbons (Fsp3) is 0. The van der Waals surface area contributed by atoms with Crippen molar-refractivity contribution in [2.45, 2.75) is 0 Å². The second kappa shape index (κ2) is 9.24. The molecule has 0 aliphatic rings. The summed E-state index contributed by atoms with van der Waals surface area (Å²) in [6.07, 6.45) is 1.61. The maximum Gasteiger partial charge on any atom is 0.273 e. The predicted octanol–water partition coefficient (Wildman–Crippen LogP) is 5.51. The van der Waals surface area contributed by atoms with Gasteiger partial charge in [-0.05, 0) is 47.2 Å². The van der Waals surface area contributed by atoms with Gasteiger partial charge < -0.3 is 5.32 Å². The molecule has 0 aromatic heterocycles. The summed E-state index contributed by atoms with van der Waals surface area (Å²) in [4.78, 5) is 25.2. The van der Waals surface area contributed by atoms with E-state index in [1.54, 1.807) is 54.7 Å². The molecule has 6 heteroatoms. The number of rotatable bonds is 5. The molecule has 2 amide bonds. The van der Waals surface area contributed by atoms with Gasteiger partial charge in [0.25, 0.3) is 11.8 Å². The normalized spacial score (nSPS) is 10.9. The number of nitrogens with zero attached hydrogens (tertiary/aromatic N) is 1. The fourth-order valence-electron chi connectivity index (χ4n) is 3.17. The van der Waals surface area contributed by atoms with Gasteiger partial charge >= 0.3 is 0 Å². The van der Waals surface area contributed by atoms with Crippen molar-refractivity contribution in [3.63, 3.8) is 0 Å². The molecule has 0 fully saturated rings. The van der Waals surface area contributed by atoms with E-state index in [9.17, 15) is 9.59 Å². The van der Waals surface area contributed by atoms with Crippen LogP contribution in [0.25, 0.3) is 10.8 Å². The number of para-hydroxylation sites is 1. The van der Waals surface area contributed by atoms with E-state index in [1.807, 2.05) is 42.5 Å². The van der Waals surface area contributed by atoms with Gasteiger partial charge in [-0.3, -0.25) is 9.59 Å². The van der Waals surface area contributed by atoms with Crippen LogP contribution >= 0.6 is 11.6 Å². The van der Waals surface area contributed by atoms with Gasteiger partial charge in [-0.25, -0.2) is 5.43 Å². The molecule has 31 heavy (non-hydrogen) atoms. The van der Waals surface area contributed by atoms with Crippen LogP contribution < -0.4 is 10.7 Å². The highest BCUT2D eigenvalue weighted by Gasteiger charge is 2.13. The average molecular weight is 428 g/mol. The zero-order chi connectivity index (χ0) is 21.6.